The zero-order valence-electron chi connectivity index (χ0n) is 8.75. The summed E-state index contributed by atoms with van der Waals surface area (Å²) >= 11 is 1.38. The molecule has 1 aliphatic carbocycles. The standard InChI is InChI=1S/C10H18N.Al.2H/c1-4-8-5-7(2)9-6-11(3)10(8)9;;;/h4,7-10H,5-6H2,1-3H3;;;. The number of hydrogen-bond donors (Lipinski definition) is 0. The van der Waals surface area contributed by atoms with Crippen LogP contribution in [0.5, 0.6) is 0 Å². The van der Waals surface area contributed by atoms with Crippen LogP contribution >= 0.6 is 0 Å². The van der Waals surface area contributed by atoms with Crippen LogP contribution in [0.2, 0.25) is 4.78 Å². The number of likely N-dealkylation sites (tertiary alicyclic amines) is 1. The molecule has 1 saturated heterocycles. The Bertz CT molecular complexity index is 176. The lowest BCUT2D eigenvalue weighted by molar-refractivity contribution is 0.0256. The molecule has 0 aromatic carbocycles. The molecule has 0 amide bonds. The van der Waals surface area contributed by atoms with Gasteiger partial charge in [0, 0.05) is 12.6 Å². The molecule has 0 aromatic heterocycles. The van der Waals surface area contributed by atoms with Gasteiger partial charge in [-0.1, -0.05) is 18.6 Å². The van der Waals surface area contributed by atoms with Crippen LogP contribution in [0, 0.1) is 17.8 Å². The maximum absolute atomic E-state index is 2.58. The van der Waals surface area contributed by atoms with Gasteiger partial charge in [0.1, 0.15) is 0 Å². The minimum absolute atomic E-state index is 0.965. The van der Waals surface area contributed by atoms with E-state index in [1.54, 1.807) is 0 Å². The maximum atomic E-state index is 2.58. The molecule has 1 nitrogen and oxygen atoms in total. The average Bonchev–Trinajstić information content (AvgIpc) is 2.22. The molecule has 0 spiro atoms. The van der Waals surface area contributed by atoms with Crippen LogP contribution in [-0.2, 0) is 0 Å². The summed E-state index contributed by atoms with van der Waals surface area (Å²) < 4.78 is 1.02. The maximum Gasteiger partial charge on any atom is 0.216 e. The minimum atomic E-state index is 0.965. The number of hydrogen-bond acceptors (Lipinski definition) is 1. The van der Waals surface area contributed by atoms with E-state index >= 15 is 0 Å². The van der Waals surface area contributed by atoms with Gasteiger partial charge in [0.15, 0.2) is 0 Å². The Kier molecular flexibility index (Phi) is 2.28. The van der Waals surface area contributed by atoms with Gasteiger partial charge < -0.3 is 4.90 Å². The monoisotopic (exact) mass is 181 g/mol. The van der Waals surface area contributed by atoms with Crippen LogP contribution in [0.25, 0.3) is 0 Å². The smallest absolute Gasteiger partial charge is 0.216 e. The molecule has 2 heteroatoms. The second-order valence-electron chi connectivity index (χ2n) is 5.21. The summed E-state index contributed by atoms with van der Waals surface area (Å²) in [5, 5.41) is 0. The quantitative estimate of drug-likeness (QED) is 0.546. The van der Waals surface area contributed by atoms with Crippen molar-refractivity contribution in [3.8, 4) is 0 Å². The van der Waals surface area contributed by atoms with Crippen LogP contribution < -0.4 is 0 Å². The number of rotatable bonds is 1. The fourth-order valence-corrected chi connectivity index (χ4v) is 3.99. The summed E-state index contributed by atoms with van der Waals surface area (Å²) in [6, 6.07) is 0.965. The molecule has 0 aromatic rings. The highest BCUT2D eigenvalue weighted by atomic mass is 27.0. The van der Waals surface area contributed by atoms with Gasteiger partial charge in [-0.15, -0.1) is 0 Å². The van der Waals surface area contributed by atoms with Gasteiger partial charge in [0.05, 0.1) is 0 Å². The summed E-state index contributed by atoms with van der Waals surface area (Å²) in [4.78, 5) is 2.58. The largest absolute Gasteiger partial charge is 0.302 e. The van der Waals surface area contributed by atoms with E-state index in [4.69, 9.17) is 0 Å². The van der Waals surface area contributed by atoms with Crippen molar-refractivity contribution in [2.24, 2.45) is 17.8 Å². The summed E-state index contributed by atoms with van der Waals surface area (Å²) in [5.74, 6) is 3.10. The van der Waals surface area contributed by atoms with Crippen LogP contribution in [-0.4, -0.2) is 40.8 Å². The van der Waals surface area contributed by atoms with Crippen molar-refractivity contribution >= 4 is 16.3 Å². The van der Waals surface area contributed by atoms with Gasteiger partial charge in [-0.25, -0.2) is 0 Å². The number of fused-ring (bicyclic) bond motifs is 1. The van der Waals surface area contributed by atoms with Crippen molar-refractivity contribution < 1.29 is 0 Å². The van der Waals surface area contributed by atoms with Crippen molar-refractivity contribution in [2.75, 3.05) is 13.6 Å². The molecule has 2 rings (SSSR count). The van der Waals surface area contributed by atoms with E-state index in [0.717, 1.165) is 28.6 Å². The molecule has 68 valence electrons. The van der Waals surface area contributed by atoms with Gasteiger partial charge in [-0.05, 0) is 31.2 Å². The fourth-order valence-electron chi connectivity index (χ4n) is 3.32. The molecule has 0 N–H and O–H groups in total. The van der Waals surface area contributed by atoms with E-state index in [2.05, 4.69) is 25.8 Å². The van der Waals surface area contributed by atoms with E-state index in [9.17, 15) is 0 Å². The Hall–Kier alpha value is 0.492. The molecular weight excluding hydrogens is 161 g/mol. The molecule has 2 fully saturated rings. The minimum Gasteiger partial charge on any atom is -0.302 e. The highest BCUT2D eigenvalue weighted by Crippen LogP contribution is 2.49. The Balaban J connectivity index is 2.08. The second-order valence-corrected chi connectivity index (χ2v) is 7.04. The van der Waals surface area contributed by atoms with E-state index < -0.39 is 0 Å². The molecule has 0 radical (unpaired) electrons. The van der Waals surface area contributed by atoms with E-state index in [-0.39, 0.29) is 0 Å². The van der Waals surface area contributed by atoms with Gasteiger partial charge in [0.2, 0.25) is 16.3 Å². The molecule has 1 aliphatic heterocycles. The molecule has 5 atom stereocenters. The SMILES string of the molecule is CC1CC([C@@H](C)[AlH2])C2C1CN2C. The van der Waals surface area contributed by atoms with Gasteiger partial charge >= 0.3 is 0 Å². The average molecular weight is 181 g/mol. The Labute approximate surface area is 83.9 Å². The van der Waals surface area contributed by atoms with Crippen molar-refractivity contribution in [2.45, 2.75) is 31.1 Å². The van der Waals surface area contributed by atoms with Crippen molar-refractivity contribution in [3.05, 3.63) is 0 Å². The fraction of sp³-hybridized carbons (Fsp3) is 1.00. The van der Waals surface area contributed by atoms with Crippen molar-refractivity contribution in [3.63, 3.8) is 0 Å². The van der Waals surface area contributed by atoms with Crippen LogP contribution in [0.1, 0.15) is 20.3 Å². The summed E-state index contributed by atoms with van der Waals surface area (Å²) in [5.41, 5.74) is 0. The first-order chi connectivity index (χ1) is 5.61. The third kappa shape index (κ3) is 1.16. The van der Waals surface area contributed by atoms with Gasteiger partial charge in [0.25, 0.3) is 0 Å². The first-order valence-electron chi connectivity index (χ1n) is 5.31. The van der Waals surface area contributed by atoms with E-state index in [0.29, 0.717) is 0 Å². The normalized spacial score (nSPS) is 49.9. The molecule has 0 bridgehead atoms. The molecule has 1 saturated carbocycles. The lowest BCUT2D eigenvalue weighted by Gasteiger charge is -2.47. The highest BCUT2D eigenvalue weighted by molar-refractivity contribution is 6.11. The molecule has 1 heterocycles. The van der Waals surface area contributed by atoms with Gasteiger partial charge in [-0.3, -0.25) is 0 Å². The van der Waals surface area contributed by atoms with Crippen molar-refractivity contribution in [1.29, 1.82) is 0 Å². The van der Waals surface area contributed by atoms with Gasteiger partial charge in [-0.2, -0.15) is 0 Å². The lowest BCUT2D eigenvalue weighted by Crippen LogP contribution is -2.55. The Morgan fingerprint density at radius 3 is 2.58 bits per heavy atom. The second kappa shape index (κ2) is 3.01. The predicted molar refractivity (Wildman–Crippen MR) is 55.1 cm³/mol. The zero-order chi connectivity index (χ0) is 8.88. The van der Waals surface area contributed by atoms with Crippen LogP contribution in [0.4, 0.5) is 0 Å². The Morgan fingerprint density at radius 2 is 2.17 bits per heavy atom. The third-order valence-electron chi connectivity index (χ3n) is 4.12. The molecular formula is C10H20AlN. The molecule has 2 aliphatic rings. The molecule has 4 unspecified atom stereocenters. The summed E-state index contributed by atoms with van der Waals surface area (Å²) in [6.07, 6.45) is 1.50. The van der Waals surface area contributed by atoms with E-state index in [1.807, 2.05) is 0 Å². The van der Waals surface area contributed by atoms with Crippen LogP contribution in [0.15, 0.2) is 0 Å². The predicted octanol–water partition coefficient (Wildman–Crippen LogP) is 1.01. The zero-order valence-corrected chi connectivity index (χ0v) is 10.7. The molecule has 12 heavy (non-hydrogen) atoms. The summed E-state index contributed by atoms with van der Waals surface area (Å²) in [7, 11) is 2.30. The first kappa shape index (κ1) is 9.06. The topological polar surface area (TPSA) is 3.24 Å². The number of nitrogens with zero attached hydrogens (tertiary/aromatic N) is 1. The third-order valence-corrected chi connectivity index (χ3v) is 4.97. The lowest BCUT2D eigenvalue weighted by atomic mass is 9.84. The van der Waals surface area contributed by atoms with E-state index in [1.165, 1.54) is 29.3 Å². The first-order valence-corrected chi connectivity index (χ1v) is 6.47. The highest BCUT2D eigenvalue weighted by Gasteiger charge is 2.50. The van der Waals surface area contributed by atoms with Crippen molar-refractivity contribution in [1.82, 2.24) is 4.90 Å². The summed E-state index contributed by atoms with van der Waals surface area (Å²) in [6.45, 7) is 6.27. The van der Waals surface area contributed by atoms with Crippen LogP contribution in [0.3, 0.4) is 0 Å². The Morgan fingerprint density at radius 1 is 1.50 bits per heavy atom.